The Hall–Kier alpha value is -0.843. The summed E-state index contributed by atoms with van der Waals surface area (Å²) in [6.07, 6.45) is 0.591. The summed E-state index contributed by atoms with van der Waals surface area (Å²) in [5, 5.41) is 8.81. The maximum absolute atomic E-state index is 8.81. The van der Waals surface area contributed by atoms with Crippen LogP contribution in [0.25, 0.3) is 0 Å². The van der Waals surface area contributed by atoms with Crippen molar-refractivity contribution in [2.75, 3.05) is 6.61 Å². The van der Waals surface area contributed by atoms with Gasteiger partial charge in [0, 0.05) is 12.6 Å². The highest BCUT2D eigenvalue weighted by Gasteiger charge is 2.16. The first kappa shape index (κ1) is 13.2. The third-order valence-electron chi connectivity index (χ3n) is 2.17. The van der Waals surface area contributed by atoms with E-state index in [-0.39, 0.29) is 12.6 Å². The van der Waals surface area contributed by atoms with Crippen LogP contribution < -0.4 is 10.2 Å². The molecule has 0 saturated heterocycles. The molecule has 0 saturated carbocycles. The van der Waals surface area contributed by atoms with Crippen molar-refractivity contribution in [3.63, 3.8) is 0 Å². The molecule has 0 aliphatic heterocycles. The van der Waals surface area contributed by atoms with Crippen LogP contribution in [0.2, 0.25) is 19.6 Å². The monoisotopic (exact) mass is 239 g/mol. The van der Waals surface area contributed by atoms with Crippen LogP contribution in [0.15, 0.2) is 24.3 Å². The maximum Gasteiger partial charge on any atom is 0.242 e. The van der Waals surface area contributed by atoms with Crippen molar-refractivity contribution in [3.05, 3.63) is 29.8 Å². The van der Waals surface area contributed by atoms with E-state index in [4.69, 9.17) is 15.3 Å². The van der Waals surface area contributed by atoms with Gasteiger partial charge in [-0.2, -0.15) is 0 Å². The van der Waals surface area contributed by atoms with Gasteiger partial charge < -0.3 is 15.3 Å². The van der Waals surface area contributed by atoms with E-state index in [9.17, 15) is 0 Å². The molecule has 90 valence electrons. The molecule has 0 bridgehead atoms. The zero-order chi connectivity index (χ0) is 12.2. The normalized spacial score (nSPS) is 13.6. The van der Waals surface area contributed by atoms with Gasteiger partial charge in [0.15, 0.2) is 0 Å². The molecule has 1 rings (SSSR count). The molecule has 1 aromatic rings. The molecule has 0 aliphatic rings. The number of hydrogen-bond donors (Lipinski definition) is 2. The molecule has 0 unspecified atom stereocenters. The first-order valence-corrected chi connectivity index (χ1v) is 8.98. The largest absolute Gasteiger partial charge is 0.544 e. The van der Waals surface area contributed by atoms with Gasteiger partial charge in [-0.15, -0.1) is 0 Å². The SMILES string of the molecule is C[Si](C)(C)Oc1ccc([C@@H](N)CCO)cc1. The zero-order valence-corrected chi connectivity index (χ0v) is 11.2. The van der Waals surface area contributed by atoms with Crippen molar-refractivity contribution in [2.24, 2.45) is 5.73 Å². The van der Waals surface area contributed by atoms with Gasteiger partial charge in [-0.05, 0) is 43.8 Å². The second kappa shape index (κ2) is 5.47. The van der Waals surface area contributed by atoms with E-state index in [1.165, 1.54) is 0 Å². The van der Waals surface area contributed by atoms with E-state index < -0.39 is 8.32 Å². The lowest BCUT2D eigenvalue weighted by Crippen LogP contribution is -2.29. The second-order valence-electron chi connectivity index (χ2n) is 4.90. The van der Waals surface area contributed by atoms with Gasteiger partial charge in [-0.3, -0.25) is 0 Å². The number of aliphatic hydroxyl groups excluding tert-OH is 1. The minimum Gasteiger partial charge on any atom is -0.544 e. The van der Waals surface area contributed by atoms with Crippen LogP contribution in [-0.2, 0) is 0 Å². The Labute approximate surface area is 98.4 Å². The van der Waals surface area contributed by atoms with Crippen LogP contribution in [0.1, 0.15) is 18.0 Å². The van der Waals surface area contributed by atoms with E-state index in [1.54, 1.807) is 0 Å². The molecule has 0 aromatic heterocycles. The smallest absolute Gasteiger partial charge is 0.242 e. The van der Waals surface area contributed by atoms with Crippen molar-refractivity contribution < 1.29 is 9.53 Å². The summed E-state index contributed by atoms with van der Waals surface area (Å²) < 4.78 is 5.85. The van der Waals surface area contributed by atoms with Crippen molar-refractivity contribution in [2.45, 2.75) is 32.1 Å². The molecule has 0 radical (unpaired) electrons. The van der Waals surface area contributed by atoms with Crippen molar-refractivity contribution in [1.29, 1.82) is 0 Å². The quantitative estimate of drug-likeness (QED) is 0.775. The lowest BCUT2D eigenvalue weighted by atomic mass is 10.1. The molecule has 0 spiro atoms. The summed E-state index contributed by atoms with van der Waals surface area (Å²) in [5.74, 6) is 0.902. The second-order valence-corrected chi connectivity index (χ2v) is 9.33. The number of nitrogens with two attached hydrogens (primary N) is 1. The zero-order valence-electron chi connectivity index (χ0n) is 10.2. The third-order valence-corrected chi connectivity index (χ3v) is 3.02. The maximum atomic E-state index is 8.81. The summed E-state index contributed by atoms with van der Waals surface area (Å²) in [5.41, 5.74) is 6.93. The summed E-state index contributed by atoms with van der Waals surface area (Å²) >= 11 is 0. The molecule has 3 nitrogen and oxygen atoms in total. The molecule has 4 heteroatoms. The molecule has 16 heavy (non-hydrogen) atoms. The fraction of sp³-hybridized carbons (Fsp3) is 0.500. The van der Waals surface area contributed by atoms with Crippen LogP contribution in [-0.4, -0.2) is 20.0 Å². The van der Waals surface area contributed by atoms with Gasteiger partial charge in [-0.1, -0.05) is 12.1 Å². The highest BCUT2D eigenvalue weighted by molar-refractivity contribution is 6.70. The number of rotatable bonds is 5. The van der Waals surface area contributed by atoms with Crippen LogP contribution in [0.5, 0.6) is 5.75 Å². The van der Waals surface area contributed by atoms with Gasteiger partial charge >= 0.3 is 0 Å². The first-order chi connectivity index (χ1) is 7.42. The third kappa shape index (κ3) is 4.34. The summed E-state index contributed by atoms with van der Waals surface area (Å²) in [6.45, 7) is 6.57. The topological polar surface area (TPSA) is 55.5 Å². The number of aliphatic hydroxyl groups is 1. The Balaban J connectivity index is 2.68. The Bertz CT molecular complexity index is 319. The number of benzene rings is 1. The average molecular weight is 239 g/mol. The Morgan fingerprint density at radius 2 is 1.81 bits per heavy atom. The molecule has 0 heterocycles. The Kier molecular flexibility index (Phi) is 4.52. The first-order valence-electron chi connectivity index (χ1n) is 5.58. The fourth-order valence-electron chi connectivity index (χ4n) is 1.44. The highest BCUT2D eigenvalue weighted by Crippen LogP contribution is 2.20. The van der Waals surface area contributed by atoms with Gasteiger partial charge in [0.05, 0.1) is 0 Å². The molecular weight excluding hydrogens is 218 g/mol. The van der Waals surface area contributed by atoms with Crippen LogP contribution in [0.4, 0.5) is 0 Å². The van der Waals surface area contributed by atoms with Gasteiger partial charge in [0.2, 0.25) is 8.32 Å². The van der Waals surface area contributed by atoms with E-state index in [0.717, 1.165) is 11.3 Å². The van der Waals surface area contributed by atoms with Crippen molar-refractivity contribution in [1.82, 2.24) is 0 Å². The van der Waals surface area contributed by atoms with Gasteiger partial charge in [-0.25, -0.2) is 0 Å². The molecule has 0 amide bonds. The van der Waals surface area contributed by atoms with Crippen LogP contribution >= 0.6 is 0 Å². The minimum atomic E-state index is -1.53. The van der Waals surface area contributed by atoms with Gasteiger partial charge in [0.1, 0.15) is 5.75 Å². The summed E-state index contributed by atoms with van der Waals surface area (Å²) in [4.78, 5) is 0. The van der Waals surface area contributed by atoms with Crippen molar-refractivity contribution in [3.8, 4) is 5.75 Å². The molecule has 0 fully saturated rings. The molecule has 1 aromatic carbocycles. The van der Waals surface area contributed by atoms with E-state index in [2.05, 4.69) is 19.6 Å². The average Bonchev–Trinajstić information content (AvgIpc) is 2.16. The van der Waals surface area contributed by atoms with Gasteiger partial charge in [0.25, 0.3) is 0 Å². The highest BCUT2D eigenvalue weighted by atomic mass is 28.4. The Morgan fingerprint density at radius 3 is 2.25 bits per heavy atom. The summed E-state index contributed by atoms with van der Waals surface area (Å²) in [6, 6.07) is 7.74. The van der Waals surface area contributed by atoms with Crippen LogP contribution in [0.3, 0.4) is 0 Å². The fourth-order valence-corrected chi connectivity index (χ4v) is 2.29. The predicted octanol–water partition coefficient (Wildman–Crippen LogP) is 2.28. The summed E-state index contributed by atoms with van der Waals surface area (Å²) in [7, 11) is -1.53. The molecular formula is C12H21NO2Si. The lowest BCUT2D eigenvalue weighted by molar-refractivity contribution is 0.276. The van der Waals surface area contributed by atoms with E-state index in [1.807, 2.05) is 24.3 Å². The molecule has 1 atom stereocenters. The molecule has 0 aliphatic carbocycles. The van der Waals surface area contributed by atoms with E-state index in [0.29, 0.717) is 6.42 Å². The lowest BCUT2D eigenvalue weighted by Gasteiger charge is -2.19. The van der Waals surface area contributed by atoms with Crippen molar-refractivity contribution >= 4 is 8.32 Å². The predicted molar refractivity (Wildman–Crippen MR) is 69.0 cm³/mol. The standard InChI is InChI=1S/C12H21NO2Si/c1-16(2,3)15-11-6-4-10(5-7-11)12(13)8-9-14/h4-7,12,14H,8-9,13H2,1-3H3/t12-/m0/s1. The minimum absolute atomic E-state index is 0.0917. The molecule has 3 N–H and O–H groups in total. The van der Waals surface area contributed by atoms with E-state index >= 15 is 0 Å². The number of hydrogen-bond acceptors (Lipinski definition) is 3. The Morgan fingerprint density at radius 1 is 1.25 bits per heavy atom. The van der Waals surface area contributed by atoms with Crippen LogP contribution in [0, 0.1) is 0 Å².